The summed E-state index contributed by atoms with van der Waals surface area (Å²) in [6, 6.07) is 6.44. The molecule has 0 amide bonds. The van der Waals surface area contributed by atoms with Gasteiger partial charge in [-0.25, -0.2) is 14.0 Å². The van der Waals surface area contributed by atoms with Gasteiger partial charge in [0.05, 0.1) is 5.69 Å². The van der Waals surface area contributed by atoms with E-state index in [0.717, 1.165) is 41.3 Å². The van der Waals surface area contributed by atoms with E-state index in [-0.39, 0.29) is 0 Å². The van der Waals surface area contributed by atoms with Gasteiger partial charge in [0, 0.05) is 50.3 Å². The second-order valence-corrected chi connectivity index (χ2v) is 8.49. The second kappa shape index (κ2) is 6.66. The van der Waals surface area contributed by atoms with Gasteiger partial charge < -0.3 is 15.5 Å². The summed E-state index contributed by atoms with van der Waals surface area (Å²) in [5, 5.41) is 16.4. The van der Waals surface area contributed by atoms with Crippen LogP contribution >= 0.6 is 0 Å². The Labute approximate surface area is 174 Å². The minimum atomic E-state index is 0.448. The first-order valence-electron chi connectivity index (χ1n) is 10.5. The largest absolute Gasteiger partial charge is 0.371 e. The third-order valence-electron chi connectivity index (χ3n) is 6.59. The molecule has 2 N–H and O–H groups in total. The normalized spacial score (nSPS) is 24.0. The molecule has 2 aliphatic rings. The van der Waals surface area contributed by atoms with E-state index in [2.05, 4.69) is 27.6 Å². The van der Waals surface area contributed by atoms with E-state index in [1.165, 1.54) is 12.8 Å². The fourth-order valence-electron chi connectivity index (χ4n) is 5.27. The molecule has 30 heavy (non-hydrogen) atoms. The monoisotopic (exact) mass is 403 g/mol. The molecule has 6 rings (SSSR count). The molecule has 2 bridgehead atoms. The molecule has 9 heteroatoms. The van der Waals surface area contributed by atoms with Gasteiger partial charge in [-0.3, -0.25) is 0 Å². The lowest BCUT2D eigenvalue weighted by molar-refractivity contribution is 0.186. The Balaban J connectivity index is 1.38. The van der Waals surface area contributed by atoms with Crippen molar-refractivity contribution in [1.29, 1.82) is 0 Å². The maximum Gasteiger partial charge on any atom is 0.243 e. The minimum absolute atomic E-state index is 0.448. The summed E-state index contributed by atoms with van der Waals surface area (Å²) in [5.41, 5.74) is 3.59. The number of nitrogens with zero attached hydrogens (tertiary/aromatic N) is 7. The van der Waals surface area contributed by atoms with E-state index in [4.69, 9.17) is 15.2 Å². The summed E-state index contributed by atoms with van der Waals surface area (Å²) in [7, 11) is 4.12. The fraction of sp³-hybridized carbons (Fsp3) is 0.429. The van der Waals surface area contributed by atoms with Gasteiger partial charge in [0.2, 0.25) is 5.95 Å². The van der Waals surface area contributed by atoms with E-state index < -0.39 is 0 Å². The van der Waals surface area contributed by atoms with Crippen molar-refractivity contribution in [1.82, 2.24) is 34.1 Å². The van der Waals surface area contributed by atoms with Crippen LogP contribution in [0.1, 0.15) is 12.8 Å². The van der Waals surface area contributed by atoms with Gasteiger partial charge in [-0.15, -0.1) is 5.10 Å². The van der Waals surface area contributed by atoms with Crippen LogP contribution in [0.4, 0.5) is 11.8 Å². The first-order valence-corrected chi connectivity index (χ1v) is 10.5. The molecule has 0 spiro atoms. The van der Waals surface area contributed by atoms with Crippen LogP contribution in [0.5, 0.6) is 0 Å². The molecule has 2 fully saturated rings. The highest BCUT2D eigenvalue weighted by Crippen LogP contribution is 2.38. The topological polar surface area (TPSA) is 87.7 Å². The Hall–Kier alpha value is -3.20. The predicted octanol–water partition coefficient (Wildman–Crippen LogP) is 2.23. The summed E-state index contributed by atoms with van der Waals surface area (Å²) in [6.07, 6.45) is 8.14. The Kier molecular flexibility index (Phi) is 3.92. The van der Waals surface area contributed by atoms with E-state index >= 15 is 0 Å². The lowest BCUT2D eigenvalue weighted by atomic mass is 9.93. The number of piperidine rings is 1. The third-order valence-corrected chi connectivity index (χ3v) is 6.59. The molecule has 5 heterocycles. The van der Waals surface area contributed by atoms with Crippen LogP contribution < -0.4 is 10.6 Å². The molecular formula is C21H25N9. The van der Waals surface area contributed by atoms with Crippen molar-refractivity contribution >= 4 is 22.9 Å². The second-order valence-electron chi connectivity index (χ2n) is 8.49. The fourth-order valence-corrected chi connectivity index (χ4v) is 5.27. The number of imidazole rings is 1. The van der Waals surface area contributed by atoms with Crippen molar-refractivity contribution in [3.8, 4) is 11.3 Å². The van der Waals surface area contributed by atoms with E-state index in [1.54, 1.807) is 10.7 Å². The summed E-state index contributed by atoms with van der Waals surface area (Å²) in [6.45, 7) is 2.29. The van der Waals surface area contributed by atoms with Crippen molar-refractivity contribution in [2.45, 2.75) is 18.9 Å². The molecule has 0 radical (unpaired) electrons. The van der Waals surface area contributed by atoms with Gasteiger partial charge in [-0.2, -0.15) is 10.1 Å². The van der Waals surface area contributed by atoms with Crippen LogP contribution in [-0.4, -0.2) is 67.3 Å². The Bertz CT molecular complexity index is 1210. The van der Waals surface area contributed by atoms with Gasteiger partial charge in [-0.05, 0) is 49.9 Å². The molecule has 2 unspecified atom stereocenters. The quantitative estimate of drug-likeness (QED) is 0.540. The summed E-state index contributed by atoms with van der Waals surface area (Å²) < 4.78 is 3.68. The maximum atomic E-state index is 4.83. The Morgan fingerprint density at radius 3 is 2.63 bits per heavy atom. The van der Waals surface area contributed by atoms with Gasteiger partial charge in [-0.1, -0.05) is 0 Å². The average Bonchev–Trinajstić information content (AvgIpc) is 3.44. The van der Waals surface area contributed by atoms with Gasteiger partial charge >= 0.3 is 0 Å². The number of hydrogen-bond acceptors (Lipinski definition) is 7. The standard InChI is InChI=1S/C21H25N9/c1-22-20-19-15(16-5-6-17-23-8-10-29(17)26-16)7-9-30(19)27-21(25-20)24-18-13-3-4-14(18)12-28(2)11-13/h5-10,13-14,18H,3-4,11-12H2,1-2H3,(H2,22,24,25,27). The van der Waals surface area contributed by atoms with Crippen LogP contribution in [0.25, 0.3) is 22.4 Å². The van der Waals surface area contributed by atoms with Crippen molar-refractivity contribution in [2.75, 3.05) is 37.8 Å². The molecule has 1 aliphatic heterocycles. The van der Waals surface area contributed by atoms with E-state index in [9.17, 15) is 0 Å². The highest BCUT2D eigenvalue weighted by Gasteiger charge is 2.41. The van der Waals surface area contributed by atoms with Crippen molar-refractivity contribution in [2.24, 2.45) is 11.8 Å². The number of nitrogens with one attached hydrogen (secondary N) is 2. The SMILES string of the molecule is CNc1nc(NC2C3CCC2CN(C)C3)nn2ccc(-c3ccc4nccn4n3)c12. The lowest BCUT2D eigenvalue weighted by Gasteiger charge is -2.36. The van der Waals surface area contributed by atoms with E-state index in [0.29, 0.717) is 23.8 Å². The van der Waals surface area contributed by atoms with Gasteiger partial charge in [0.15, 0.2) is 11.5 Å². The first kappa shape index (κ1) is 17.6. The molecule has 2 atom stereocenters. The molecule has 4 aromatic rings. The Morgan fingerprint density at radius 2 is 1.83 bits per heavy atom. The van der Waals surface area contributed by atoms with Crippen molar-refractivity contribution in [3.63, 3.8) is 0 Å². The number of aromatic nitrogens is 6. The predicted molar refractivity (Wildman–Crippen MR) is 116 cm³/mol. The molecule has 0 aromatic carbocycles. The number of likely N-dealkylation sites (tertiary alicyclic amines) is 1. The maximum absolute atomic E-state index is 4.83. The van der Waals surface area contributed by atoms with Gasteiger partial charge in [0.25, 0.3) is 0 Å². The molecule has 154 valence electrons. The number of anilines is 2. The van der Waals surface area contributed by atoms with Crippen molar-refractivity contribution < 1.29 is 0 Å². The first-order chi connectivity index (χ1) is 14.7. The van der Waals surface area contributed by atoms with Crippen molar-refractivity contribution in [3.05, 3.63) is 36.8 Å². The highest BCUT2D eigenvalue weighted by atomic mass is 15.3. The summed E-state index contributed by atoms with van der Waals surface area (Å²) >= 11 is 0. The van der Waals surface area contributed by atoms with Crippen LogP contribution in [0.2, 0.25) is 0 Å². The summed E-state index contributed by atoms with van der Waals surface area (Å²) in [4.78, 5) is 11.5. The molecular weight excluding hydrogens is 378 g/mol. The number of fused-ring (bicyclic) bond motifs is 4. The van der Waals surface area contributed by atoms with Crippen LogP contribution in [0.3, 0.4) is 0 Å². The average molecular weight is 403 g/mol. The zero-order chi connectivity index (χ0) is 20.2. The summed E-state index contributed by atoms with van der Waals surface area (Å²) in [5.74, 6) is 2.80. The molecule has 4 aromatic heterocycles. The van der Waals surface area contributed by atoms with E-state index in [1.807, 2.05) is 42.2 Å². The zero-order valence-electron chi connectivity index (χ0n) is 17.2. The van der Waals surface area contributed by atoms with Crippen LogP contribution in [0, 0.1) is 11.8 Å². The number of rotatable bonds is 4. The number of hydrogen-bond donors (Lipinski definition) is 2. The van der Waals surface area contributed by atoms with Crippen LogP contribution in [-0.2, 0) is 0 Å². The molecule has 1 saturated heterocycles. The lowest BCUT2D eigenvalue weighted by Crippen LogP contribution is -2.46. The smallest absolute Gasteiger partial charge is 0.243 e. The minimum Gasteiger partial charge on any atom is -0.371 e. The zero-order valence-corrected chi connectivity index (χ0v) is 17.2. The molecule has 1 saturated carbocycles. The van der Waals surface area contributed by atoms with Gasteiger partial charge in [0.1, 0.15) is 5.52 Å². The van der Waals surface area contributed by atoms with Crippen LogP contribution in [0.15, 0.2) is 36.8 Å². The molecule has 1 aliphatic carbocycles. The Morgan fingerprint density at radius 1 is 1.00 bits per heavy atom. The molecule has 9 nitrogen and oxygen atoms in total. The third kappa shape index (κ3) is 2.72. The highest BCUT2D eigenvalue weighted by molar-refractivity contribution is 5.87.